The number of benzene rings is 1. The number of fused-ring (bicyclic) bond motifs is 2. The molecule has 28 heavy (non-hydrogen) atoms. The summed E-state index contributed by atoms with van der Waals surface area (Å²) in [7, 11) is 2.40. The van der Waals surface area contributed by atoms with Gasteiger partial charge >= 0.3 is 0 Å². The van der Waals surface area contributed by atoms with E-state index in [4.69, 9.17) is 0 Å². The van der Waals surface area contributed by atoms with Crippen LogP contribution in [0.1, 0.15) is 45.1 Å². The lowest BCUT2D eigenvalue weighted by Gasteiger charge is -2.62. The van der Waals surface area contributed by atoms with Gasteiger partial charge in [-0.15, -0.1) is 0 Å². The van der Waals surface area contributed by atoms with E-state index < -0.39 is 0 Å². The minimum absolute atomic E-state index is 0.156. The van der Waals surface area contributed by atoms with Crippen molar-refractivity contribution >= 4 is 21.6 Å². The van der Waals surface area contributed by atoms with E-state index in [0.717, 1.165) is 41.2 Å². The fourth-order valence-corrected chi connectivity index (χ4v) is 9.40. The second-order valence-electron chi connectivity index (χ2n) is 10.3. The second-order valence-corrected chi connectivity index (χ2v) is 11.2. The zero-order chi connectivity index (χ0) is 19.6. The quantitative estimate of drug-likeness (QED) is 0.698. The van der Waals surface area contributed by atoms with Gasteiger partial charge in [0.2, 0.25) is 0 Å². The van der Waals surface area contributed by atoms with Crippen LogP contribution in [0, 0.1) is 17.8 Å². The van der Waals surface area contributed by atoms with Crippen LogP contribution in [0.5, 0.6) is 0 Å². The zero-order valence-corrected chi connectivity index (χ0v) is 18.6. The summed E-state index contributed by atoms with van der Waals surface area (Å²) in [5, 5.41) is 23.3. The van der Waals surface area contributed by atoms with Crippen molar-refractivity contribution in [2.75, 3.05) is 13.6 Å². The third-order valence-corrected chi connectivity index (χ3v) is 10.1. The highest BCUT2D eigenvalue weighted by molar-refractivity contribution is 9.10. The Bertz CT molecular complexity index is 848. The third-order valence-electron chi connectivity index (χ3n) is 9.57. The Kier molecular flexibility index (Phi) is 3.67. The number of hydrogen-bond acceptors (Lipinski definition) is 3. The van der Waals surface area contributed by atoms with Crippen LogP contribution in [-0.2, 0) is 5.41 Å². The van der Waals surface area contributed by atoms with E-state index in [1.165, 1.54) is 11.3 Å². The maximum atomic E-state index is 12.0. The monoisotopic (exact) mass is 447 g/mol. The smallest absolute Gasteiger partial charge is 0.137 e. The Hall–Kier alpha value is -0.460. The molecular formula is C23H32BrN2O2+. The first kappa shape index (κ1) is 18.3. The average Bonchev–Trinajstić information content (AvgIpc) is 3.00. The van der Waals surface area contributed by atoms with E-state index in [9.17, 15) is 10.2 Å². The van der Waals surface area contributed by atoms with Crippen molar-refractivity contribution in [1.82, 2.24) is 9.38 Å². The lowest BCUT2D eigenvalue weighted by atomic mass is 9.62. The lowest BCUT2D eigenvalue weighted by Crippen LogP contribution is -2.75. The van der Waals surface area contributed by atoms with Gasteiger partial charge in [-0.25, -0.2) is 0 Å². The van der Waals surface area contributed by atoms with Gasteiger partial charge in [-0.2, -0.15) is 0 Å². The van der Waals surface area contributed by atoms with Gasteiger partial charge in [0.25, 0.3) is 0 Å². The van der Waals surface area contributed by atoms with Gasteiger partial charge in [-0.05, 0) is 43.7 Å². The van der Waals surface area contributed by atoms with Crippen molar-refractivity contribution in [3.8, 4) is 0 Å². The summed E-state index contributed by atoms with van der Waals surface area (Å²) in [4.78, 5) is 2.48. The zero-order valence-electron chi connectivity index (χ0n) is 17.1. The van der Waals surface area contributed by atoms with Crippen LogP contribution < -0.4 is 4.48 Å². The minimum atomic E-state index is -0.330. The molecule has 1 aliphatic carbocycles. The van der Waals surface area contributed by atoms with E-state index in [2.05, 4.69) is 59.9 Å². The number of rotatable bonds is 3. The maximum Gasteiger partial charge on any atom is 0.137 e. The van der Waals surface area contributed by atoms with Crippen LogP contribution in [0.3, 0.4) is 0 Å². The molecule has 11 atom stereocenters. The standard InChI is InChI=1S/C23H32BrN2O2/c1-4-8-26(3)18-7-6-12(24)9-15(18)23-11-17-19(21(23)27)14-10-16(20(23)26)25(17)22(28)13(14)5-2/h6-7,9,13-14,16-17,19-22,27-28H,4-5,8,10-11H2,1-3H3/q+1/t13-,14-,16-,17-,19-,20-,21+,22+,23-,26?/m0/s1. The Morgan fingerprint density at radius 2 is 2.04 bits per heavy atom. The van der Waals surface area contributed by atoms with Gasteiger partial charge in [-0.1, -0.05) is 29.8 Å². The molecule has 1 aromatic rings. The van der Waals surface area contributed by atoms with Crippen molar-refractivity contribution in [2.45, 2.75) is 75.4 Å². The number of hydrogen-bond donors (Lipinski definition) is 2. The van der Waals surface area contributed by atoms with E-state index in [-0.39, 0.29) is 17.7 Å². The van der Waals surface area contributed by atoms with Crippen LogP contribution in [0.25, 0.3) is 0 Å². The summed E-state index contributed by atoms with van der Waals surface area (Å²) in [6.45, 7) is 5.57. The largest absolute Gasteiger partial charge is 0.392 e. The fraction of sp³-hybridized carbons (Fsp3) is 0.739. The molecule has 1 aromatic carbocycles. The molecule has 5 heterocycles. The van der Waals surface area contributed by atoms with E-state index in [0.29, 0.717) is 35.9 Å². The predicted molar refractivity (Wildman–Crippen MR) is 114 cm³/mol. The highest BCUT2D eigenvalue weighted by Gasteiger charge is 2.80. The van der Waals surface area contributed by atoms with Crippen LogP contribution in [-0.4, -0.2) is 59.2 Å². The maximum absolute atomic E-state index is 12.0. The molecular weight excluding hydrogens is 416 g/mol. The van der Waals surface area contributed by atoms with Crippen molar-refractivity contribution in [3.63, 3.8) is 0 Å². The molecule has 1 spiro atoms. The number of nitrogens with zero attached hydrogens (tertiary/aromatic N) is 2. The Balaban J connectivity index is 1.62. The van der Waals surface area contributed by atoms with Gasteiger partial charge in [0.15, 0.2) is 0 Å². The lowest BCUT2D eigenvalue weighted by molar-refractivity contribution is -0.217. The Labute approximate surface area is 176 Å². The molecule has 0 amide bonds. The highest BCUT2D eigenvalue weighted by atomic mass is 79.9. The molecule has 7 rings (SSSR count). The molecule has 6 aliphatic rings. The summed E-state index contributed by atoms with van der Waals surface area (Å²) in [5.74, 6) is 1.09. The summed E-state index contributed by atoms with van der Waals surface area (Å²) < 4.78 is 2.03. The van der Waals surface area contributed by atoms with Crippen LogP contribution >= 0.6 is 15.9 Å². The van der Waals surface area contributed by atoms with Crippen molar-refractivity contribution in [1.29, 1.82) is 0 Å². The molecule has 4 nitrogen and oxygen atoms in total. The van der Waals surface area contributed by atoms with E-state index >= 15 is 0 Å². The van der Waals surface area contributed by atoms with Gasteiger partial charge < -0.3 is 10.2 Å². The molecule has 1 saturated carbocycles. The molecule has 152 valence electrons. The average molecular weight is 448 g/mol. The molecule has 4 saturated heterocycles. The number of halogens is 1. The molecule has 5 fully saturated rings. The van der Waals surface area contributed by atoms with Gasteiger partial charge in [0.05, 0.1) is 31.2 Å². The molecule has 5 heteroatoms. The molecule has 2 N–H and O–H groups in total. The summed E-state index contributed by atoms with van der Waals surface area (Å²) in [6, 6.07) is 7.83. The van der Waals surface area contributed by atoms with Gasteiger partial charge in [-0.3, -0.25) is 9.38 Å². The molecule has 2 unspecified atom stereocenters. The number of aliphatic hydroxyl groups excluding tert-OH is 2. The predicted octanol–water partition coefficient (Wildman–Crippen LogP) is 3.23. The first-order valence-electron chi connectivity index (χ1n) is 11.2. The Morgan fingerprint density at radius 1 is 1.25 bits per heavy atom. The number of piperidine rings is 4. The van der Waals surface area contributed by atoms with Crippen LogP contribution in [0.4, 0.5) is 5.69 Å². The first-order chi connectivity index (χ1) is 13.4. The first-order valence-corrected chi connectivity index (χ1v) is 12.0. The third kappa shape index (κ3) is 1.76. The topological polar surface area (TPSA) is 43.7 Å². The van der Waals surface area contributed by atoms with Crippen molar-refractivity contribution in [2.24, 2.45) is 17.8 Å². The van der Waals surface area contributed by atoms with E-state index in [1.54, 1.807) is 0 Å². The number of quaternary nitrogens is 1. The van der Waals surface area contributed by atoms with Crippen molar-refractivity contribution in [3.05, 3.63) is 28.2 Å². The van der Waals surface area contributed by atoms with Gasteiger partial charge in [0, 0.05) is 34.0 Å². The minimum Gasteiger partial charge on any atom is -0.392 e. The normalized spacial score (nSPS) is 54.9. The molecule has 0 radical (unpaired) electrons. The highest BCUT2D eigenvalue weighted by Crippen LogP contribution is 2.70. The molecule has 0 aromatic heterocycles. The fourth-order valence-electron chi connectivity index (χ4n) is 9.04. The summed E-state index contributed by atoms with van der Waals surface area (Å²) in [5.41, 5.74) is 2.63. The van der Waals surface area contributed by atoms with Crippen LogP contribution in [0.15, 0.2) is 22.7 Å². The van der Waals surface area contributed by atoms with E-state index in [1.807, 2.05) is 0 Å². The Morgan fingerprint density at radius 3 is 2.75 bits per heavy atom. The van der Waals surface area contributed by atoms with Gasteiger partial charge in [0.1, 0.15) is 18.0 Å². The second kappa shape index (κ2) is 5.61. The summed E-state index contributed by atoms with van der Waals surface area (Å²) >= 11 is 3.72. The number of aliphatic hydroxyl groups is 2. The molecule has 5 aliphatic heterocycles. The van der Waals surface area contributed by atoms with Crippen LogP contribution in [0.2, 0.25) is 0 Å². The summed E-state index contributed by atoms with van der Waals surface area (Å²) in [6.07, 6.45) is 3.65. The van der Waals surface area contributed by atoms with Crippen molar-refractivity contribution < 1.29 is 10.2 Å². The number of likely N-dealkylation sites (N-methyl/N-ethyl adjacent to an activating group) is 1. The molecule has 5 bridgehead atoms. The SMILES string of the molecule is CCC[N+]1(C)c2ccc(Br)cc2[C@@]23C[C@H]4[C@H]([C@H]5C[C@@H]([C@@H]21)N4[C@H](O)[C@H]5CC)[C@H]3O.